The molecule has 1 unspecified atom stereocenters. The largest absolute Gasteiger partial charge is 0.497 e. The van der Waals surface area contributed by atoms with E-state index in [2.05, 4.69) is 10.2 Å². The van der Waals surface area contributed by atoms with Crippen molar-refractivity contribution in [3.05, 3.63) is 59.4 Å². The number of rotatable bonds is 8. The zero-order chi connectivity index (χ0) is 20.6. The highest BCUT2D eigenvalue weighted by atomic mass is 19.1. The van der Waals surface area contributed by atoms with E-state index in [-0.39, 0.29) is 24.1 Å². The molecule has 0 spiro atoms. The Morgan fingerprint density at radius 2 is 1.86 bits per heavy atom. The lowest BCUT2D eigenvalue weighted by molar-refractivity contribution is -0.120. The highest BCUT2D eigenvalue weighted by Gasteiger charge is 2.23. The third-order valence-corrected chi connectivity index (χ3v) is 5.06. The van der Waals surface area contributed by atoms with Crippen LogP contribution < -0.4 is 14.8 Å². The highest BCUT2D eigenvalue weighted by Crippen LogP contribution is 2.24. The summed E-state index contributed by atoms with van der Waals surface area (Å²) in [5.74, 6) is 0.338. The summed E-state index contributed by atoms with van der Waals surface area (Å²) in [6.45, 7) is 3.41. The molecule has 2 aromatic carbocycles. The molecule has 0 saturated carbocycles. The van der Waals surface area contributed by atoms with Gasteiger partial charge >= 0.3 is 0 Å². The summed E-state index contributed by atoms with van der Waals surface area (Å²) in [7, 11) is 3.05. The minimum atomic E-state index is -0.470. The van der Waals surface area contributed by atoms with E-state index in [1.165, 1.54) is 19.2 Å². The van der Waals surface area contributed by atoms with E-state index in [0.717, 1.165) is 24.4 Å². The molecule has 1 aliphatic rings. The van der Waals surface area contributed by atoms with Crippen LogP contribution in [0.4, 0.5) is 4.39 Å². The van der Waals surface area contributed by atoms with Crippen LogP contribution in [0.3, 0.4) is 0 Å². The van der Waals surface area contributed by atoms with Crippen molar-refractivity contribution < 1.29 is 23.4 Å². The standard InChI is InChI=1S/C22H27FN2O4/c1-27-18-6-4-17(5-7-18)20(25-9-11-29-12-10-25)15-24-22(26)14-16-3-8-21(28-2)19(23)13-16/h3-8,13,20H,9-12,14-15H2,1-2H3,(H,24,26). The molecule has 1 atom stereocenters. The van der Waals surface area contributed by atoms with Gasteiger partial charge in [0.15, 0.2) is 11.6 Å². The lowest BCUT2D eigenvalue weighted by atomic mass is 10.0. The summed E-state index contributed by atoms with van der Waals surface area (Å²) in [6, 6.07) is 12.5. The molecular weight excluding hydrogens is 375 g/mol. The topological polar surface area (TPSA) is 60.0 Å². The second-order valence-corrected chi connectivity index (χ2v) is 6.89. The summed E-state index contributed by atoms with van der Waals surface area (Å²) >= 11 is 0. The minimum Gasteiger partial charge on any atom is -0.497 e. The second kappa shape index (κ2) is 10.2. The van der Waals surface area contributed by atoms with Crippen LogP contribution in [-0.2, 0) is 16.0 Å². The number of nitrogens with zero attached hydrogens (tertiary/aromatic N) is 1. The third kappa shape index (κ3) is 5.68. The molecule has 0 aromatic heterocycles. The first-order chi connectivity index (χ1) is 14.1. The van der Waals surface area contributed by atoms with Gasteiger partial charge < -0.3 is 19.5 Å². The van der Waals surface area contributed by atoms with Crippen LogP contribution in [0.5, 0.6) is 11.5 Å². The van der Waals surface area contributed by atoms with Gasteiger partial charge in [0.1, 0.15) is 5.75 Å². The summed E-state index contributed by atoms with van der Waals surface area (Å²) in [5, 5.41) is 3.00. The quantitative estimate of drug-likeness (QED) is 0.736. The monoisotopic (exact) mass is 402 g/mol. The normalized spacial score (nSPS) is 15.6. The second-order valence-electron chi connectivity index (χ2n) is 6.89. The lowest BCUT2D eigenvalue weighted by Gasteiger charge is -2.35. The van der Waals surface area contributed by atoms with Crippen molar-refractivity contribution in [2.45, 2.75) is 12.5 Å². The first-order valence-corrected chi connectivity index (χ1v) is 9.65. The Morgan fingerprint density at radius 3 is 2.48 bits per heavy atom. The van der Waals surface area contributed by atoms with Crippen LogP contribution in [0.2, 0.25) is 0 Å². The molecule has 1 N–H and O–H groups in total. The molecule has 29 heavy (non-hydrogen) atoms. The molecule has 156 valence electrons. The highest BCUT2D eigenvalue weighted by molar-refractivity contribution is 5.78. The van der Waals surface area contributed by atoms with Crippen molar-refractivity contribution in [1.82, 2.24) is 10.2 Å². The van der Waals surface area contributed by atoms with Gasteiger partial charge in [-0.15, -0.1) is 0 Å². The number of benzene rings is 2. The van der Waals surface area contributed by atoms with Gasteiger partial charge in [0, 0.05) is 19.6 Å². The number of nitrogens with one attached hydrogen (secondary N) is 1. The number of halogens is 1. The lowest BCUT2D eigenvalue weighted by Crippen LogP contribution is -2.44. The average molecular weight is 402 g/mol. The number of hydrogen-bond donors (Lipinski definition) is 1. The fourth-order valence-electron chi connectivity index (χ4n) is 3.45. The molecule has 1 heterocycles. The average Bonchev–Trinajstić information content (AvgIpc) is 2.75. The molecule has 6 nitrogen and oxygen atoms in total. The Kier molecular flexibility index (Phi) is 7.43. The number of amides is 1. The van der Waals surface area contributed by atoms with Crippen molar-refractivity contribution in [2.24, 2.45) is 0 Å². The predicted molar refractivity (Wildman–Crippen MR) is 108 cm³/mol. The summed E-state index contributed by atoms with van der Waals surface area (Å²) < 4.78 is 29.5. The van der Waals surface area contributed by atoms with Crippen LogP contribution >= 0.6 is 0 Å². The van der Waals surface area contributed by atoms with Gasteiger partial charge in [-0.1, -0.05) is 18.2 Å². The molecule has 0 radical (unpaired) electrons. The summed E-state index contributed by atoms with van der Waals surface area (Å²) in [4.78, 5) is 14.8. The van der Waals surface area contributed by atoms with Gasteiger partial charge in [-0.2, -0.15) is 0 Å². The molecule has 1 aliphatic heterocycles. The van der Waals surface area contributed by atoms with Gasteiger partial charge in [-0.05, 0) is 35.4 Å². The van der Waals surface area contributed by atoms with E-state index in [0.29, 0.717) is 25.3 Å². The van der Waals surface area contributed by atoms with Crippen molar-refractivity contribution in [3.8, 4) is 11.5 Å². The van der Waals surface area contributed by atoms with Crippen molar-refractivity contribution >= 4 is 5.91 Å². The van der Waals surface area contributed by atoms with Crippen LogP contribution in [0.25, 0.3) is 0 Å². The predicted octanol–water partition coefficient (Wildman–Crippen LogP) is 2.58. The first kappa shape index (κ1) is 21.1. The Bertz CT molecular complexity index is 807. The molecular formula is C22H27FN2O4. The van der Waals surface area contributed by atoms with Gasteiger partial charge in [0.05, 0.1) is 39.9 Å². The van der Waals surface area contributed by atoms with E-state index in [4.69, 9.17) is 14.2 Å². The van der Waals surface area contributed by atoms with Crippen molar-refractivity contribution in [2.75, 3.05) is 47.1 Å². The van der Waals surface area contributed by atoms with Gasteiger partial charge in [0.2, 0.25) is 5.91 Å². The van der Waals surface area contributed by atoms with E-state index in [1.54, 1.807) is 13.2 Å². The zero-order valence-electron chi connectivity index (χ0n) is 16.8. The van der Waals surface area contributed by atoms with Gasteiger partial charge in [0.25, 0.3) is 0 Å². The molecule has 2 aromatic rings. The SMILES string of the molecule is COc1ccc(C(CNC(=O)Cc2ccc(OC)c(F)c2)N2CCOCC2)cc1. The Balaban J connectivity index is 1.65. The number of carbonyl (C=O) groups excluding carboxylic acids is 1. The zero-order valence-corrected chi connectivity index (χ0v) is 16.8. The van der Waals surface area contributed by atoms with Crippen LogP contribution in [0.15, 0.2) is 42.5 Å². The van der Waals surface area contributed by atoms with Crippen molar-refractivity contribution in [1.29, 1.82) is 0 Å². The smallest absolute Gasteiger partial charge is 0.224 e. The molecule has 0 aliphatic carbocycles. The van der Waals surface area contributed by atoms with E-state index in [1.807, 2.05) is 24.3 Å². The fraction of sp³-hybridized carbons (Fsp3) is 0.409. The summed E-state index contributed by atoms with van der Waals surface area (Å²) in [5.41, 5.74) is 1.71. The Hall–Kier alpha value is -2.64. The molecule has 0 bridgehead atoms. The first-order valence-electron chi connectivity index (χ1n) is 9.65. The van der Waals surface area contributed by atoms with E-state index >= 15 is 0 Å². The number of ether oxygens (including phenoxy) is 3. The number of methoxy groups -OCH3 is 2. The fourth-order valence-corrected chi connectivity index (χ4v) is 3.45. The van der Waals surface area contributed by atoms with Crippen LogP contribution in [0.1, 0.15) is 17.2 Å². The van der Waals surface area contributed by atoms with Crippen LogP contribution in [0, 0.1) is 5.82 Å². The number of carbonyl (C=O) groups is 1. The van der Waals surface area contributed by atoms with Gasteiger partial charge in [-0.25, -0.2) is 4.39 Å². The summed E-state index contributed by atoms with van der Waals surface area (Å²) in [6.07, 6.45) is 0.110. The Morgan fingerprint density at radius 1 is 1.14 bits per heavy atom. The number of morpholine rings is 1. The molecule has 7 heteroatoms. The maximum atomic E-state index is 13.9. The molecule has 3 rings (SSSR count). The van der Waals surface area contributed by atoms with Crippen molar-refractivity contribution in [3.63, 3.8) is 0 Å². The van der Waals surface area contributed by atoms with E-state index < -0.39 is 5.82 Å². The van der Waals surface area contributed by atoms with Crippen LogP contribution in [-0.4, -0.2) is 57.9 Å². The Labute approximate surface area is 170 Å². The maximum Gasteiger partial charge on any atom is 0.224 e. The minimum absolute atomic E-state index is 0.0290. The van der Waals surface area contributed by atoms with E-state index in [9.17, 15) is 9.18 Å². The molecule has 1 fully saturated rings. The number of hydrogen-bond acceptors (Lipinski definition) is 5. The molecule has 1 saturated heterocycles. The maximum absolute atomic E-state index is 13.9. The molecule has 1 amide bonds. The third-order valence-electron chi connectivity index (χ3n) is 5.06. The van der Waals surface area contributed by atoms with Gasteiger partial charge in [-0.3, -0.25) is 9.69 Å².